The molecule has 0 aromatic carbocycles. The number of hydrogen-bond donors (Lipinski definition) is 1. The molecule has 2 atom stereocenters. The number of carbonyl (C=O) groups excluding carboxylic acids is 3. The molecule has 2 heterocycles. The quantitative estimate of drug-likeness (QED) is 0.772. The second-order valence-electron chi connectivity index (χ2n) is 7.65. The van der Waals surface area contributed by atoms with E-state index >= 15 is 0 Å². The molecule has 9 nitrogen and oxygen atoms in total. The molecular weight excluding hydrogens is 388 g/mol. The van der Waals surface area contributed by atoms with Crippen LogP contribution < -0.4 is 10.1 Å². The van der Waals surface area contributed by atoms with E-state index < -0.39 is 0 Å². The predicted molar refractivity (Wildman–Crippen MR) is 109 cm³/mol. The van der Waals surface area contributed by atoms with Crippen molar-refractivity contribution in [3.05, 3.63) is 23.9 Å². The molecule has 30 heavy (non-hydrogen) atoms. The third-order valence-electron chi connectivity index (χ3n) is 5.83. The van der Waals surface area contributed by atoms with Gasteiger partial charge in [0.2, 0.25) is 17.7 Å². The van der Waals surface area contributed by atoms with E-state index in [0.29, 0.717) is 37.6 Å². The summed E-state index contributed by atoms with van der Waals surface area (Å²) in [5.41, 5.74) is 0.435. The Bertz CT molecular complexity index is 754. The molecule has 2 aliphatic rings. The van der Waals surface area contributed by atoms with Gasteiger partial charge in [-0.3, -0.25) is 14.4 Å². The van der Waals surface area contributed by atoms with E-state index in [0.717, 1.165) is 25.7 Å². The van der Waals surface area contributed by atoms with Crippen LogP contribution in [0.4, 0.5) is 0 Å². The molecule has 3 rings (SSSR count). The van der Waals surface area contributed by atoms with Crippen LogP contribution in [0.2, 0.25) is 0 Å². The van der Waals surface area contributed by atoms with Crippen LogP contribution in [0, 0.1) is 5.92 Å². The van der Waals surface area contributed by atoms with Crippen molar-refractivity contribution in [2.75, 3.05) is 47.0 Å². The molecule has 0 bridgehead atoms. The Morgan fingerprint density at radius 1 is 1.17 bits per heavy atom. The highest BCUT2D eigenvalue weighted by Gasteiger charge is 2.37. The van der Waals surface area contributed by atoms with E-state index in [9.17, 15) is 14.4 Å². The smallest absolute Gasteiger partial charge is 0.255 e. The fraction of sp³-hybridized carbons (Fsp3) is 0.619. The minimum Gasteiger partial charge on any atom is -0.481 e. The minimum absolute atomic E-state index is 0.0405. The van der Waals surface area contributed by atoms with E-state index in [4.69, 9.17) is 9.47 Å². The van der Waals surface area contributed by atoms with Crippen molar-refractivity contribution in [2.24, 2.45) is 5.92 Å². The van der Waals surface area contributed by atoms with Gasteiger partial charge in [0.1, 0.15) is 6.61 Å². The molecule has 164 valence electrons. The number of ether oxygens (including phenoxy) is 2. The molecule has 1 N–H and O–H groups in total. The van der Waals surface area contributed by atoms with Crippen LogP contribution in [0.1, 0.15) is 36.0 Å². The Hall–Kier alpha value is -2.68. The number of fused-ring (bicyclic) bond motifs is 1. The average Bonchev–Trinajstić information content (AvgIpc) is 2.78. The van der Waals surface area contributed by atoms with E-state index in [2.05, 4.69) is 10.3 Å². The molecule has 9 heteroatoms. The maximum atomic E-state index is 13.0. The first-order valence-electron chi connectivity index (χ1n) is 10.4. The maximum Gasteiger partial charge on any atom is 0.255 e. The number of pyridine rings is 1. The monoisotopic (exact) mass is 418 g/mol. The van der Waals surface area contributed by atoms with Crippen molar-refractivity contribution in [3.8, 4) is 5.88 Å². The summed E-state index contributed by atoms with van der Waals surface area (Å²) in [7, 11) is 3.00. The van der Waals surface area contributed by atoms with E-state index in [1.54, 1.807) is 21.9 Å². The van der Waals surface area contributed by atoms with E-state index in [1.807, 2.05) is 0 Å². The summed E-state index contributed by atoms with van der Waals surface area (Å²) < 4.78 is 10.1. The lowest BCUT2D eigenvalue weighted by Gasteiger charge is -2.41. The first-order valence-corrected chi connectivity index (χ1v) is 10.4. The van der Waals surface area contributed by atoms with Crippen molar-refractivity contribution in [3.63, 3.8) is 0 Å². The molecule has 1 saturated carbocycles. The van der Waals surface area contributed by atoms with Crippen LogP contribution in [0.15, 0.2) is 18.3 Å². The first kappa shape index (κ1) is 22.0. The van der Waals surface area contributed by atoms with Crippen molar-refractivity contribution in [1.29, 1.82) is 0 Å². The lowest BCUT2D eigenvalue weighted by molar-refractivity contribution is -0.142. The van der Waals surface area contributed by atoms with Gasteiger partial charge in [0.15, 0.2) is 0 Å². The molecule has 3 amide bonds. The lowest BCUT2D eigenvalue weighted by Crippen LogP contribution is -2.56. The standard InChI is InChI=1S/C21H30N4O5/c1-29-14-19(26)25-12-11-24(21(28)15-7-8-18(30-2)23-13-15)10-9-22-20(27)16-5-3-4-6-17(16)25/h7-8,13,16-17H,3-6,9-12,14H2,1-2H3,(H,22,27)/t16-,17+/m0/s1. The maximum absolute atomic E-state index is 13.0. The van der Waals surface area contributed by atoms with Gasteiger partial charge in [0, 0.05) is 51.6 Å². The normalized spacial score (nSPS) is 22.7. The number of rotatable bonds is 4. The number of hydrogen-bond acceptors (Lipinski definition) is 6. The van der Waals surface area contributed by atoms with Crippen LogP contribution in [-0.4, -0.2) is 85.6 Å². The third kappa shape index (κ3) is 5.08. The van der Waals surface area contributed by atoms with Crippen LogP contribution in [0.5, 0.6) is 5.88 Å². The van der Waals surface area contributed by atoms with Crippen molar-refractivity contribution >= 4 is 17.7 Å². The molecule has 1 aromatic heterocycles. The number of nitrogens with one attached hydrogen (secondary N) is 1. The summed E-state index contributed by atoms with van der Waals surface area (Å²) in [6, 6.07) is 3.13. The zero-order valence-electron chi connectivity index (χ0n) is 17.6. The Morgan fingerprint density at radius 3 is 2.67 bits per heavy atom. The SMILES string of the molecule is COCC(=O)N1CCN(C(=O)c2ccc(OC)nc2)CCNC(=O)[C@H]2CCCC[C@H]21. The number of amides is 3. The summed E-state index contributed by atoms with van der Waals surface area (Å²) in [6.07, 6.45) is 4.99. The molecule has 0 unspecified atom stereocenters. The Kier molecular flexibility index (Phi) is 7.62. The summed E-state index contributed by atoms with van der Waals surface area (Å²) >= 11 is 0. The van der Waals surface area contributed by atoms with Gasteiger partial charge in [-0.15, -0.1) is 0 Å². The molecule has 0 radical (unpaired) electrons. The fourth-order valence-corrected chi connectivity index (χ4v) is 4.27. The Labute approximate surface area is 176 Å². The summed E-state index contributed by atoms with van der Waals surface area (Å²) in [5, 5.41) is 2.96. The molecule has 1 aliphatic heterocycles. The summed E-state index contributed by atoms with van der Waals surface area (Å²) in [5.74, 6) is -0.178. The molecule has 1 saturated heterocycles. The Balaban J connectivity index is 1.81. The van der Waals surface area contributed by atoms with Gasteiger partial charge in [-0.1, -0.05) is 12.8 Å². The zero-order valence-corrected chi connectivity index (χ0v) is 17.6. The van der Waals surface area contributed by atoms with Crippen molar-refractivity contribution in [2.45, 2.75) is 31.7 Å². The summed E-state index contributed by atoms with van der Waals surface area (Å²) in [6.45, 7) is 1.44. The fourth-order valence-electron chi connectivity index (χ4n) is 4.27. The summed E-state index contributed by atoms with van der Waals surface area (Å²) in [4.78, 5) is 46.1. The highest BCUT2D eigenvalue weighted by molar-refractivity contribution is 5.94. The highest BCUT2D eigenvalue weighted by atomic mass is 16.5. The van der Waals surface area contributed by atoms with Gasteiger partial charge in [0.05, 0.1) is 18.6 Å². The van der Waals surface area contributed by atoms with Gasteiger partial charge in [-0.25, -0.2) is 4.98 Å². The highest BCUT2D eigenvalue weighted by Crippen LogP contribution is 2.29. The number of carbonyl (C=O) groups is 3. The van der Waals surface area contributed by atoms with Gasteiger partial charge < -0.3 is 24.6 Å². The second kappa shape index (κ2) is 10.4. The minimum atomic E-state index is -0.215. The van der Waals surface area contributed by atoms with Gasteiger partial charge >= 0.3 is 0 Å². The lowest BCUT2D eigenvalue weighted by atomic mass is 9.82. The van der Waals surface area contributed by atoms with Gasteiger partial charge in [-0.2, -0.15) is 0 Å². The molecule has 1 aliphatic carbocycles. The van der Waals surface area contributed by atoms with Gasteiger partial charge in [0.25, 0.3) is 5.91 Å². The van der Waals surface area contributed by atoms with E-state index in [1.165, 1.54) is 20.4 Å². The molecule has 2 fully saturated rings. The van der Waals surface area contributed by atoms with E-state index in [-0.39, 0.29) is 36.3 Å². The average molecular weight is 418 g/mol. The Morgan fingerprint density at radius 2 is 1.97 bits per heavy atom. The number of methoxy groups -OCH3 is 2. The molecule has 0 spiro atoms. The molecular formula is C21H30N4O5. The zero-order chi connectivity index (χ0) is 21.5. The van der Waals surface area contributed by atoms with Crippen molar-refractivity contribution < 1.29 is 23.9 Å². The van der Waals surface area contributed by atoms with Gasteiger partial charge in [-0.05, 0) is 18.9 Å². The van der Waals surface area contributed by atoms with Crippen molar-refractivity contribution in [1.82, 2.24) is 20.1 Å². The predicted octanol–water partition coefficient (Wildman–Crippen LogP) is 0.696. The number of aromatic nitrogens is 1. The van der Waals surface area contributed by atoms with Crippen LogP contribution in [-0.2, 0) is 14.3 Å². The van der Waals surface area contributed by atoms with Crippen LogP contribution >= 0.6 is 0 Å². The van der Waals surface area contributed by atoms with Crippen LogP contribution in [0.25, 0.3) is 0 Å². The largest absolute Gasteiger partial charge is 0.481 e. The second-order valence-corrected chi connectivity index (χ2v) is 7.65. The van der Waals surface area contributed by atoms with Crippen LogP contribution in [0.3, 0.4) is 0 Å². The number of nitrogens with zero attached hydrogens (tertiary/aromatic N) is 3. The topological polar surface area (TPSA) is 101 Å². The third-order valence-corrected chi connectivity index (χ3v) is 5.83. The first-order chi connectivity index (χ1) is 14.5. The molecule has 1 aromatic rings.